The smallest absolute Gasteiger partial charge is 0.222 e. The van der Waals surface area contributed by atoms with Gasteiger partial charge in [0.25, 0.3) is 0 Å². The van der Waals surface area contributed by atoms with E-state index in [0.29, 0.717) is 19.1 Å². The van der Waals surface area contributed by atoms with Crippen LogP contribution in [0.3, 0.4) is 0 Å². The summed E-state index contributed by atoms with van der Waals surface area (Å²) in [5.74, 6) is 0.264. The fourth-order valence-corrected chi connectivity index (χ4v) is 1.84. The van der Waals surface area contributed by atoms with E-state index in [1.807, 2.05) is 25.7 Å². The zero-order chi connectivity index (χ0) is 10.6. The van der Waals surface area contributed by atoms with Crippen LogP contribution in [0.25, 0.3) is 0 Å². The van der Waals surface area contributed by atoms with Gasteiger partial charge < -0.3 is 9.64 Å². The molecule has 0 aliphatic carbocycles. The Morgan fingerprint density at radius 1 is 1.57 bits per heavy atom. The van der Waals surface area contributed by atoms with Gasteiger partial charge in [-0.05, 0) is 26.7 Å². The summed E-state index contributed by atoms with van der Waals surface area (Å²) in [6.07, 6.45) is 3.09. The minimum Gasteiger partial charge on any atom is -0.377 e. The molecule has 1 fully saturated rings. The normalized spacial score (nSPS) is 22.0. The molecule has 1 atom stereocenters. The van der Waals surface area contributed by atoms with Gasteiger partial charge in [-0.2, -0.15) is 0 Å². The van der Waals surface area contributed by atoms with Gasteiger partial charge in [-0.3, -0.25) is 4.79 Å². The molecular weight excluding hydrogens is 178 g/mol. The van der Waals surface area contributed by atoms with E-state index in [4.69, 9.17) is 4.74 Å². The third-order valence-electron chi connectivity index (χ3n) is 2.62. The van der Waals surface area contributed by atoms with Crippen molar-refractivity contribution in [3.05, 3.63) is 0 Å². The second-order valence-electron chi connectivity index (χ2n) is 4.12. The van der Waals surface area contributed by atoms with Gasteiger partial charge in [-0.1, -0.05) is 6.92 Å². The number of rotatable bonds is 4. The molecule has 0 radical (unpaired) electrons. The molecule has 1 unspecified atom stereocenters. The van der Waals surface area contributed by atoms with Crippen LogP contribution in [0.4, 0.5) is 0 Å². The molecule has 0 aromatic carbocycles. The number of likely N-dealkylation sites (tertiary alicyclic amines) is 1. The molecule has 14 heavy (non-hydrogen) atoms. The Kier molecular flexibility index (Phi) is 4.39. The molecule has 0 spiro atoms. The van der Waals surface area contributed by atoms with E-state index in [0.717, 1.165) is 19.4 Å². The number of hydrogen-bond acceptors (Lipinski definition) is 2. The Hall–Kier alpha value is -0.570. The van der Waals surface area contributed by atoms with Crippen molar-refractivity contribution in [2.75, 3.05) is 13.2 Å². The SMILES string of the molecule is CCC(=O)N1CCCC1COC(C)C. The minimum absolute atomic E-state index is 0.258. The summed E-state index contributed by atoms with van der Waals surface area (Å²) in [6.45, 7) is 7.59. The average Bonchev–Trinajstić information content (AvgIpc) is 2.61. The van der Waals surface area contributed by atoms with E-state index >= 15 is 0 Å². The van der Waals surface area contributed by atoms with E-state index in [1.54, 1.807) is 0 Å². The first-order valence-corrected chi connectivity index (χ1v) is 5.56. The standard InChI is InChI=1S/C11H21NO2/c1-4-11(13)12-7-5-6-10(12)8-14-9(2)3/h9-10H,4-8H2,1-3H3. The Bertz CT molecular complexity index is 192. The first-order chi connectivity index (χ1) is 6.65. The molecule has 0 aromatic rings. The lowest BCUT2D eigenvalue weighted by atomic mass is 10.2. The molecule has 0 bridgehead atoms. The fraction of sp³-hybridized carbons (Fsp3) is 0.909. The molecule has 3 heteroatoms. The van der Waals surface area contributed by atoms with E-state index in [1.165, 1.54) is 0 Å². The lowest BCUT2D eigenvalue weighted by Gasteiger charge is -2.24. The first kappa shape index (κ1) is 11.5. The van der Waals surface area contributed by atoms with Crippen LogP contribution in [0.5, 0.6) is 0 Å². The number of carbonyl (C=O) groups is 1. The van der Waals surface area contributed by atoms with Crippen LogP contribution >= 0.6 is 0 Å². The Morgan fingerprint density at radius 3 is 2.86 bits per heavy atom. The summed E-state index contributed by atoms with van der Waals surface area (Å²) in [4.78, 5) is 13.5. The topological polar surface area (TPSA) is 29.5 Å². The number of hydrogen-bond donors (Lipinski definition) is 0. The largest absolute Gasteiger partial charge is 0.377 e. The molecule has 1 heterocycles. The van der Waals surface area contributed by atoms with Crippen LogP contribution in [0, 0.1) is 0 Å². The van der Waals surface area contributed by atoms with Crippen LogP contribution in [0.1, 0.15) is 40.0 Å². The lowest BCUT2D eigenvalue weighted by Crippen LogP contribution is -2.38. The third kappa shape index (κ3) is 2.98. The van der Waals surface area contributed by atoms with Gasteiger partial charge in [0.05, 0.1) is 18.8 Å². The zero-order valence-corrected chi connectivity index (χ0v) is 9.45. The summed E-state index contributed by atoms with van der Waals surface area (Å²) < 4.78 is 5.56. The number of carbonyl (C=O) groups excluding carboxylic acids is 1. The van der Waals surface area contributed by atoms with Crippen LogP contribution in [0.2, 0.25) is 0 Å². The Morgan fingerprint density at radius 2 is 2.29 bits per heavy atom. The third-order valence-corrected chi connectivity index (χ3v) is 2.62. The first-order valence-electron chi connectivity index (χ1n) is 5.56. The monoisotopic (exact) mass is 199 g/mol. The predicted octanol–water partition coefficient (Wildman–Crippen LogP) is 1.81. The molecule has 3 nitrogen and oxygen atoms in total. The van der Waals surface area contributed by atoms with Crippen molar-refractivity contribution >= 4 is 5.91 Å². The van der Waals surface area contributed by atoms with Crippen molar-refractivity contribution in [2.45, 2.75) is 52.2 Å². The Labute approximate surface area is 86.4 Å². The summed E-state index contributed by atoms with van der Waals surface area (Å²) in [5.41, 5.74) is 0. The minimum atomic E-state index is 0.258. The molecule has 1 rings (SSSR count). The summed E-state index contributed by atoms with van der Waals surface area (Å²) in [7, 11) is 0. The van der Waals surface area contributed by atoms with E-state index in [-0.39, 0.29) is 12.0 Å². The van der Waals surface area contributed by atoms with Gasteiger partial charge in [0.2, 0.25) is 5.91 Å². The van der Waals surface area contributed by atoms with Gasteiger partial charge in [0.1, 0.15) is 0 Å². The highest BCUT2D eigenvalue weighted by atomic mass is 16.5. The van der Waals surface area contributed by atoms with Crippen molar-refractivity contribution in [1.29, 1.82) is 0 Å². The van der Waals surface area contributed by atoms with Crippen LogP contribution in [-0.4, -0.2) is 36.1 Å². The van der Waals surface area contributed by atoms with Gasteiger partial charge in [-0.15, -0.1) is 0 Å². The maximum Gasteiger partial charge on any atom is 0.222 e. The maximum atomic E-state index is 11.5. The molecule has 0 aromatic heterocycles. The molecule has 1 saturated heterocycles. The summed E-state index contributed by atoms with van der Waals surface area (Å²) >= 11 is 0. The quantitative estimate of drug-likeness (QED) is 0.691. The fourth-order valence-electron chi connectivity index (χ4n) is 1.84. The highest BCUT2D eigenvalue weighted by Gasteiger charge is 2.27. The molecular formula is C11H21NO2. The van der Waals surface area contributed by atoms with Crippen LogP contribution < -0.4 is 0 Å². The predicted molar refractivity (Wildman–Crippen MR) is 56.1 cm³/mol. The highest BCUT2D eigenvalue weighted by Crippen LogP contribution is 2.18. The van der Waals surface area contributed by atoms with E-state index in [2.05, 4.69) is 0 Å². The maximum absolute atomic E-state index is 11.5. The van der Waals surface area contributed by atoms with E-state index < -0.39 is 0 Å². The van der Waals surface area contributed by atoms with Gasteiger partial charge >= 0.3 is 0 Å². The van der Waals surface area contributed by atoms with Crippen molar-refractivity contribution in [2.24, 2.45) is 0 Å². The molecule has 1 amide bonds. The molecule has 0 N–H and O–H groups in total. The molecule has 0 saturated carbocycles. The second kappa shape index (κ2) is 5.35. The van der Waals surface area contributed by atoms with Crippen LogP contribution in [-0.2, 0) is 9.53 Å². The zero-order valence-electron chi connectivity index (χ0n) is 9.45. The number of ether oxygens (including phenoxy) is 1. The summed E-state index contributed by atoms with van der Waals surface area (Å²) in [5, 5.41) is 0. The van der Waals surface area contributed by atoms with Gasteiger partial charge in [0.15, 0.2) is 0 Å². The second-order valence-corrected chi connectivity index (χ2v) is 4.12. The molecule has 82 valence electrons. The molecule has 1 aliphatic heterocycles. The lowest BCUT2D eigenvalue weighted by molar-refractivity contribution is -0.133. The Balaban J connectivity index is 2.39. The number of amides is 1. The van der Waals surface area contributed by atoms with Crippen molar-refractivity contribution in [1.82, 2.24) is 4.90 Å². The van der Waals surface area contributed by atoms with Gasteiger partial charge in [-0.25, -0.2) is 0 Å². The van der Waals surface area contributed by atoms with Crippen molar-refractivity contribution in [3.63, 3.8) is 0 Å². The average molecular weight is 199 g/mol. The molecule has 1 aliphatic rings. The number of nitrogens with zero attached hydrogens (tertiary/aromatic N) is 1. The van der Waals surface area contributed by atoms with Gasteiger partial charge in [0, 0.05) is 13.0 Å². The highest BCUT2D eigenvalue weighted by molar-refractivity contribution is 5.76. The summed E-state index contributed by atoms with van der Waals surface area (Å²) in [6, 6.07) is 0.324. The van der Waals surface area contributed by atoms with Crippen molar-refractivity contribution < 1.29 is 9.53 Å². The van der Waals surface area contributed by atoms with Crippen molar-refractivity contribution in [3.8, 4) is 0 Å². The van der Waals surface area contributed by atoms with E-state index in [9.17, 15) is 4.79 Å². The van der Waals surface area contributed by atoms with Crippen LogP contribution in [0.15, 0.2) is 0 Å².